The van der Waals surface area contributed by atoms with E-state index in [4.69, 9.17) is 5.73 Å². The Hall–Kier alpha value is -1.20. The number of hydrogen-bond acceptors (Lipinski definition) is 4. The molecule has 0 amide bonds. The summed E-state index contributed by atoms with van der Waals surface area (Å²) in [7, 11) is 0. The van der Waals surface area contributed by atoms with Gasteiger partial charge in [0.1, 0.15) is 5.01 Å². The van der Waals surface area contributed by atoms with Crippen LogP contribution in [0.1, 0.15) is 48.8 Å². The van der Waals surface area contributed by atoms with Crippen LogP contribution in [0.2, 0.25) is 0 Å². The minimum atomic E-state index is 0.0483. The summed E-state index contributed by atoms with van der Waals surface area (Å²) in [6, 6.07) is 2.11. The number of H-pyrrole nitrogens is 1. The van der Waals surface area contributed by atoms with Gasteiger partial charge in [0, 0.05) is 28.7 Å². The Labute approximate surface area is 112 Å². The quantitative estimate of drug-likeness (QED) is 0.895. The van der Waals surface area contributed by atoms with Crippen molar-refractivity contribution in [2.45, 2.75) is 39.0 Å². The summed E-state index contributed by atoms with van der Waals surface area (Å²) in [5.41, 5.74) is 9.09. The first-order valence-corrected chi connectivity index (χ1v) is 6.97. The molecule has 2 aromatic heterocycles. The molecular formula is C13H20N4S. The van der Waals surface area contributed by atoms with Crippen molar-refractivity contribution in [3.63, 3.8) is 0 Å². The van der Waals surface area contributed by atoms with Gasteiger partial charge in [-0.05, 0) is 13.0 Å². The van der Waals surface area contributed by atoms with Crippen LogP contribution in [0.4, 0.5) is 0 Å². The van der Waals surface area contributed by atoms with Gasteiger partial charge >= 0.3 is 0 Å². The van der Waals surface area contributed by atoms with E-state index in [9.17, 15) is 0 Å². The molecule has 1 unspecified atom stereocenters. The third-order valence-corrected chi connectivity index (χ3v) is 3.99. The molecule has 2 aromatic rings. The Bertz CT molecular complexity index is 521. The first-order valence-electron chi connectivity index (χ1n) is 6.09. The lowest BCUT2D eigenvalue weighted by Crippen LogP contribution is -2.14. The number of aromatic nitrogens is 3. The van der Waals surface area contributed by atoms with E-state index >= 15 is 0 Å². The highest BCUT2D eigenvalue weighted by atomic mass is 32.1. The maximum absolute atomic E-state index is 5.88. The van der Waals surface area contributed by atoms with E-state index in [-0.39, 0.29) is 11.3 Å². The van der Waals surface area contributed by atoms with Crippen molar-refractivity contribution in [2.75, 3.05) is 6.54 Å². The normalized spacial score (nSPS) is 13.8. The monoisotopic (exact) mass is 264 g/mol. The lowest BCUT2D eigenvalue weighted by Gasteiger charge is -2.14. The maximum atomic E-state index is 5.88. The summed E-state index contributed by atoms with van der Waals surface area (Å²) in [6.45, 7) is 8.99. The number of aryl methyl sites for hydroxylation is 1. The number of nitrogens with two attached hydrogens (primary N) is 1. The fourth-order valence-corrected chi connectivity index (χ4v) is 2.72. The van der Waals surface area contributed by atoms with Gasteiger partial charge in [-0.15, -0.1) is 11.3 Å². The van der Waals surface area contributed by atoms with Gasteiger partial charge in [0.05, 0.1) is 11.6 Å². The molecule has 0 saturated carbocycles. The van der Waals surface area contributed by atoms with Gasteiger partial charge in [0.2, 0.25) is 0 Å². The number of nitrogens with zero attached hydrogens (tertiary/aromatic N) is 2. The summed E-state index contributed by atoms with van der Waals surface area (Å²) in [5.74, 6) is 0.118. The molecule has 5 heteroatoms. The Morgan fingerprint density at radius 2 is 2.17 bits per heavy atom. The summed E-state index contributed by atoms with van der Waals surface area (Å²) in [4.78, 5) is 4.52. The lowest BCUT2D eigenvalue weighted by atomic mass is 9.91. The van der Waals surface area contributed by atoms with Gasteiger partial charge < -0.3 is 5.73 Å². The van der Waals surface area contributed by atoms with Crippen molar-refractivity contribution >= 4 is 11.3 Å². The van der Waals surface area contributed by atoms with E-state index in [1.807, 2.05) is 6.92 Å². The third kappa shape index (κ3) is 2.62. The van der Waals surface area contributed by atoms with Crippen LogP contribution >= 0.6 is 11.3 Å². The van der Waals surface area contributed by atoms with E-state index in [0.717, 1.165) is 22.1 Å². The summed E-state index contributed by atoms with van der Waals surface area (Å²) < 4.78 is 0. The smallest absolute Gasteiger partial charge is 0.103 e. The average molecular weight is 264 g/mol. The zero-order valence-electron chi connectivity index (χ0n) is 11.3. The molecule has 2 rings (SSSR count). The molecule has 0 aromatic carbocycles. The standard InChI is InChI=1S/C13H20N4S/c1-8-7-18-12(15-8)9(6-14)10-5-11(17-16-10)13(2,3)4/h5,7,9H,6,14H2,1-4H3,(H,16,17). The molecule has 0 fully saturated rings. The van der Waals surface area contributed by atoms with Crippen LogP contribution in [0.15, 0.2) is 11.4 Å². The van der Waals surface area contributed by atoms with Crippen LogP contribution in [0.25, 0.3) is 0 Å². The van der Waals surface area contributed by atoms with Crippen molar-refractivity contribution in [3.8, 4) is 0 Å². The number of nitrogens with one attached hydrogen (secondary N) is 1. The highest BCUT2D eigenvalue weighted by Crippen LogP contribution is 2.28. The van der Waals surface area contributed by atoms with Gasteiger partial charge in [-0.1, -0.05) is 20.8 Å². The van der Waals surface area contributed by atoms with Gasteiger partial charge in [-0.2, -0.15) is 5.10 Å². The molecule has 2 heterocycles. The number of rotatable bonds is 3. The zero-order valence-corrected chi connectivity index (χ0v) is 12.1. The Kier molecular flexibility index (Phi) is 3.54. The highest BCUT2D eigenvalue weighted by Gasteiger charge is 2.22. The van der Waals surface area contributed by atoms with Crippen molar-refractivity contribution in [2.24, 2.45) is 5.73 Å². The number of thiazole rings is 1. The Morgan fingerprint density at radius 1 is 1.44 bits per heavy atom. The molecule has 0 aliphatic heterocycles. The fourth-order valence-electron chi connectivity index (χ4n) is 1.79. The van der Waals surface area contributed by atoms with Gasteiger partial charge in [-0.25, -0.2) is 4.98 Å². The number of aromatic amines is 1. The molecule has 0 bridgehead atoms. The minimum Gasteiger partial charge on any atom is -0.329 e. The van der Waals surface area contributed by atoms with Crippen molar-refractivity contribution < 1.29 is 0 Å². The topological polar surface area (TPSA) is 67.6 Å². The Morgan fingerprint density at radius 3 is 2.61 bits per heavy atom. The van der Waals surface area contributed by atoms with E-state index in [0.29, 0.717) is 6.54 Å². The van der Waals surface area contributed by atoms with Gasteiger partial charge in [-0.3, -0.25) is 5.10 Å². The Balaban J connectivity index is 2.31. The molecule has 18 heavy (non-hydrogen) atoms. The van der Waals surface area contributed by atoms with E-state index in [1.54, 1.807) is 11.3 Å². The fraction of sp³-hybridized carbons (Fsp3) is 0.538. The molecule has 0 aliphatic carbocycles. The minimum absolute atomic E-state index is 0.0483. The van der Waals surface area contributed by atoms with Crippen LogP contribution < -0.4 is 5.73 Å². The second-order valence-corrected chi connectivity index (χ2v) is 6.46. The molecule has 98 valence electrons. The van der Waals surface area contributed by atoms with Gasteiger partial charge in [0.15, 0.2) is 0 Å². The zero-order chi connectivity index (χ0) is 13.3. The summed E-state index contributed by atoms with van der Waals surface area (Å²) >= 11 is 1.65. The van der Waals surface area contributed by atoms with Crippen LogP contribution in [0.5, 0.6) is 0 Å². The molecule has 1 atom stereocenters. The summed E-state index contributed by atoms with van der Waals surface area (Å²) in [6.07, 6.45) is 0. The lowest BCUT2D eigenvalue weighted by molar-refractivity contribution is 0.567. The van der Waals surface area contributed by atoms with Crippen LogP contribution in [0.3, 0.4) is 0 Å². The SMILES string of the molecule is Cc1csc(C(CN)c2cc(C(C)(C)C)n[nH]2)n1. The predicted molar refractivity (Wildman–Crippen MR) is 75.0 cm³/mol. The molecule has 4 nitrogen and oxygen atoms in total. The van der Waals surface area contributed by atoms with Crippen LogP contribution in [-0.4, -0.2) is 21.7 Å². The molecule has 0 spiro atoms. The molecule has 0 radical (unpaired) electrons. The second kappa shape index (κ2) is 4.82. The summed E-state index contributed by atoms with van der Waals surface area (Å²) in [5, 5.41) is 10.6. The van der Waals surface area contributed by atoms with Crippen molar-refractivity contribution in [1.29, 1.82) is 0 Å². The molecular weight excluding hydrogens is 244 g/mol. The van der Waals surface area contributed by atoms with E-state index < -0.39 is 0 Å². The predicted octanol–water partition coefficient (Wildman–Crippen LogP) is 2.56. The molecule has 0 saturated heterocycles. The average Bonchev–Trinajstić information content (AvgIpc) is 2.88. The third-order valence-electron chi connectivity index (χ3n) is 2.91. The van der Waals surface area contributed by atoms with E-state index in [1.165, 1.54) is 0 Å². The van der Waals surface area contributed by atoms with Gasteiger partial charge in [0.25, 0.3) is 0 Å². The molecule has 0 aliphatic rings. The number of hydrogen-bond donors (Lipinski definition) is 2. The maximum Gasteiger partial charge on any atom is 0.103 e. The van der Waals surface area contributed by atoms with Crippen LogP contribution in [0, 0.1) is 6.92 Å². The first kappa shape index (κ1) is 13.2. The largest absolute Gasteiger partial charge is 0.329 e. The van der Waals surface area contributed by atoms with Crippen molar-refractivity contribution in [1.82, 2.24) is 15.2 Å². The second-order valence-electron chi connectivity index (χ2n) is 5.57. The van der Waals surface area contributed by atoms with Crippen LogP contribution in [-0.2, 0) is 5.41 Å². The first-order chi connectivity index (χ1) is 8.41. The van der Waals surface area contributed by atoms with E-state index in [2.05, 4.69) is 47.4 Å². The molecule has 3 N–H and O–H groups in total. The highest BCUT2D eigenvalue weighted by molar-refractivity contribution is 7.09. The van der Waals surface area contributed by atoms with Crippen molar-refractivity contribution in [3.05, 3.63) is 33.5 Å².